The van der Waals surface area contributed by atoms with Crippen LogP contribution in [0.25, 0.3) is 0 Å². The summed E-state index contributed by atoms with van der Waals surface area (Å²) >= 11 is 0. The fourth-order valence-corrected chi connectivity index (χ4v) is 2.33. The van der Waals surface area contributed by atoms with E-state index in [0.29, 0.717) is 34.5 Å². The van der Waals surface area contributed by atoms with Crippen molar-refractivity contribution < 1.29 is 24.2 Å². The SMILES string of the molecule is COc1cc(C)cc(C)c1C=O.COc1cc(O)cc(C)c1C=O. The van der Waals surface area contributed by atoms with Crippen LogP contribution in [0, 0.1) is 20.8 Å². The van der Waals surface area contributed by atoms with E-state index in [4.69, 9.17) is 14.6 Å². The van der Waals surface area contributed by atoms with Crippen LogP contribution in [-0.2, 0) is 0 Å². The van der Waals surface area contributed by atoms with Gasteiger partial charge in [-0.15, -0.1) is 0 Å². The van der Waals surface area contributed by atoms with Gasteiger partial charge in [-0.25, -0.2) is 0 Å². The first-order chi connectivity index (χ1) is 11.4. The van der Waals surface area contributed by atoms with E-state index < -0.39 is 0 Å². The van der Waals surface area contributed by atoms with Crippen LogP contribution in [0.5, 0.6) is 17.2 Å². The number of phenols is 1. The number of hydrogen-bond donors (Lipinski definition) is 1. The van der Waals surface area contributed by atoms with Crippen molar-refractivity contribution in [2.75, 3.05) is 14.2 Å². The fraction of sp³-hybridized carbons (Fsp3) is 0.263. The number of benzene rings is 2. The summed E-state index contributed by atoms with van der Waals surface area (Å²) < 4.78 is 9.97. The first-order valence-electron chi connectivity index (χ1n) is 7.31. The molecule has 0 unspecified atom stereocenters. The fourth-order valence-electron chi connectivity index (χ4n) is 2.33. The third-order valence-corrected chi connectivity index (χ3v) is 3.50. The van der Waals surface area contributed by atoms with Crippen molar-refractivity contribution >= 4 is 12.6 Å². The number of aromatic hydroxyl groups is 1. The van der Waals surface area contributed by atoms with Crippen molar-refractivity contribution in [2.24, 2.45) is 0 Å². The van der Waals surface area contributed by atoms with Crippen LogP contribution < -0.4 is 9.47 Å². The van der Waals surface area contributed by atoms with E-state index >= 15 is 0 Å². The quantitative estimate of drug-likeness (QED) is 0.866. The van der Waals surface area contributed by atoms with Gasteiger partial charge in [0.15, 0.2) is 12.6 Å². The molecule has 128 valence electrons. The van der Waals surface area contributed by atoms with E-state index in [1.807, 2.05) is 26.0 Å². The number of ether oxygens (including phenoxy) is 2. The molecule has 0 amide bonds. The molecule has 0 spiro atoms. The molecular formula is C19H22O5. The van der Waals surface area contributed by atoms with Crippen LogP contribution in [0.15, 0.2) is 24.3 Å². The first kappa shape index (κ1) is 19.2. The standard InChI is InChI=1S/C10H12O2.C9H10O3/c1-7-4-8(2)9(6-11)10(5-7)12-3;1-6-3-7(11)4-9(12-2)8(6)5-10/h4-6H,1-3H3;3-5,11H,1-2H3. The van der Waals surface area contributed by atoms with Crippen LogP contribution in [0.4, 0.5) is 0 Å². The third kappa shape index (κ3) is 4.59. The van der Waals surface area contributed by atoms with Gasteiger partial charge in [0.1, 0.15) is 17.2 Å². The maximum atomic E-state index is 10.6. The molecule has 0 saturated heterocycles. The third-order valence-electron chi connectivity index (χ3n) is 3.50. The van der Waals surface area contributed by atoms with E-state index in [1.54, 1.807) is 14.0 Å². The summed E-state index contributed by atoms with van der Waals surface area (Å²) in [5, 5.41) is 9.15. The number of aldehydes is 2. The molecule has 2 aromatic carbocycles. The minimum absolute atomic E-state index is 0.106. The predicted octanol–water partition coefficient (Wildman–Crippen LogP) is 3.65. The number of hydrogen-bond acceptors (Lipinski definition) is 5. The second kappa shape index (κ2) is 8.72. The molecule has 0 atom stereocenters. The highest BCUT2D eigenvalue weighted by atomic mass is 16.5. The largest absolute Gasteiger partial charge is 0.508 e. The number of aryl methyl sites for hydroxylation is 3. The average Bonchev–Trinajstić information content (AvgIpc) is 2.54. The average molecular weight is 330 g/mol. The van der Waals surface area contributed by atoms with Crippen LogP contribution >= 0.6 is 0 Å². The Hall–Kier alpha value is -2.82. The highest BCUT2D eigenvalue weighted by molar-refractivity contribution is 5.82. The smallest absolute Gasteiger partial charge is 0.154 e. The van der Waals surface area contributed by atoms with E-state index in [9.17, 15) is 9.59 Å². The molecule has 0 heterocycles. The topological polar surface area (TPSA) is 72.8 Å². The highest BCUT2D eigenvalue weighted by Crippen LogP contribution is 2.25. The Morgan fingerprint density at radius 2 is 1.25 bits per heavy atom. The molecule has 2 aromatic rings. The zero-order chi connectivity index (χ0) is 18.3. The molecule has 0 aliphatic heterocycles. The Morgan fingerprint density at radius 1 is 0.792 bits per heavy atom. The molecule has 0 fully saturated rings. The summed E-state index contributed by atoms with van der Waals surface area (Å²) in [5.74, 6) is 1.17. The van der Waals surface area contributed by atoms with Gasteiger partial charge < -0.3 is 14.6 Å². The monoisotopic (exact) mass is 330 g/mol. The van der Waals surface area contributed by atoms with Gasteiger partial charge in [0, 0.05) is 6.07 Å². The van der Waals surface area contributed by atoms with Crippen LogP contribution in [0.3, 0.4) is 0 Å². The van der Waals surface area contributed by atoms with Gasteiger partial charge in [-0.2, -0.15) is 0 Å². The summed E-state index contributed by atoms with van der Waals surface area (Å²) in [6.45, 7) is 5.62. The number of methoxy groups -OCH3 is 2. The van der Waals surface area contributed by atoms with Crippen molar-refractivity contribution in [1.82, 2.24) is 0 Å². The molecule has 24 heavy (non-hydrogen) atoms. The maximum absolute atomic E-state index is 10.6. The molecule has 5 heteroatoms. The second-order valence-electron chi connectivity index (χ2n) is 5.31. The summed E-state index contributed by atoms with van der Waals surface area (Å²) in [7, 11) is 3.03. The molecule has 0 bridgehead atoms. The van der Waals surface area contributed by atoms with Crippen LogP contribution in [0.1, 0.15) is 37.4 Å². The summed E-state index contributed by atoms with van der Waals surface area (Å²) in [5.41, 5.74) is 3.90. The van der Waals surface area contributed by atoms with Crippen molar-refractivity contribution in [1.29, 1.82) is 0 Å². The molecule has 0 saturated carbocycles. The normalized spacial score (nSPS) is 9.54. The molecule has 0 aromatic heterocycles. The molecule has 0 aliphatic rings. The van der Waals surface area contributed by atoms with Gasteiger partial charge in [0.05, 0.1) is 25.3 Å². The zero-order valence-electron chi connectivity index (χ0n) is 14.5. The minimum Gasteiger partial charge on any atom is -0.508 e. The van der Waals surface area contributed by atoms with Gasteiger partial charge >= 0.3 is 0 Å². The molecule has 2 rings (SSSR count). The lowest BCUT2D eigenvalue weighted by molar-refractivity contribution is 0.111. The van der Waals surface area contributed by atoms with Crippen LogP contribution in [0.2, 0.25) is 0 Å². The van der Waals surface area contributed by atoms with E-state index in [0.717, 1.165) is 17.4 Å². The van der Waals surface area contributed by atoms with Crippen LogP contribution in [-0.4, -0.2) is 31.9 Å². The predicted molar refractivity (Wildman–Crippen MR) is 92.6 cm³/mol. The summed E-state index contributed by atoms with van der Waals surface area (Å²) in [4.78, 5) is 21.2. The molecule has 0 aliphatic carbocycles. The lowest BCUT2D eigenvalue weighted by Crippen LogP contribution is -1.94. The Balaban J connectivity index is 0.000000240. The van der Waals surface area contributed by atoms with Crippen molar-refractivity contribution in [3.05, 3.63) is 52.1 Å². The van der Waals surface area contributed by atoms with Gasteiger partial charge in [-0.3, -0.25) is 9.59 Å². The van der Waals surface area contributed by atoms with E-state index in [2.05, 4.69) is 0 Å². The van der Waals surface area contributed by atoms with Gasteiger partial charge in [0.25, 0.3) is 0 Å². The Morgan fingerprint density at radius 3 is 1.71 bits per heavy atom. The van der Waals surface area contributed by atoms with Gasteiger partial charge in [0.2, 0.25) is 0 Å². The van der Waals surface area contributed by atoms with E-state index in [1.165, 1.54) is 19.2 Å². The molecule has 5 nitrogen and oxygen atoms in total. The van der Waals surface area contributed by atoms with Crippen molar-refractivity contribution in [3.63, 3.8) is 0 Å². The highest BCUT2D eigenvalue weighted by Gasteiger charge is 2.07. The number of carbonyl (C=O) groups is 2. The number of carbonyl (C=O) groups excluding carboxylic acids is 2. The lowest BCUT2D eigenvalue weighted by atomic mass is 10.1. The van der Waals surface area contributed by atoms with Crippen molar-refractivity contribution in [3.8, 4) is 17.2 Å². The Labute approximate surface area is 141 Å². The van der Waals surface area contributed by atoms with Crippen molar-refractivity contribution in [2.45, 2.75) is 20.8 Å². The first-order valence-corrected chi connectivity index (χ1v) is 7.31. The number of rotatable bonds is 4. The molecule has 0 radical (unpaired) electrons. The summed E-state index contributed by atoms with van der Waals surface area (Å²) in [6, 6.07) is 6.76. The number of phenolic OH excluding ortho intramolecular Hbond substituents is 1. The summed E-state index contributed by atoms with van der Waals surface area (Å²) in [6.07, 6.45) is 1.54. The molecular weight excluding hydrogens is 308 g/mol. The minimum atomic E-state index is 0.106. The Bertz CT molecular complexity index is 672. The molecule has 1 N–H and O–H groups in total. The maximum Gasteiger partial charge on any atom is 0.154 e. The second-order valence-corrected chi connectivity index (χ2v) is 5.31. The van der Waals surface area contributed by atoms with Gasteiger partial charge in [-0.1, -0.05) is 6.07 Å². The Kier molecular flexibility index (Phi) is 6.98. The zero-order valence-corrected chi connectivity index (χ0v) is 14.5. The van der Waals surface area contributed by atoms with E-state index in [-0.39, 0.29) is 5.75 Å². The lowest BCUT2D eigenvalue weighted by Gasteiger charge is -2.07. The van der Waals surface area contributed by atoms with Gasteiger partial charge in [-0.05, 0) is 49.6 Å².